The number of nitrogens with zero attached hydrogens (tertiary/aromatic N) is 1. The van der Waals surface area contributed by atoms with Crippen molar-refractivity contribution >= 4 is 5.97 Å². The molecule has 2 unspecified atom stereocenters. The Balaban J connectivity index is 0.00000169. The lowest BCUT2D eigenvalue weighted by Crippen LogP contribution is -3.00. The highest BCUT2D eigenvalue weighted by Crippen LogP contribution is 2.21. The number of rotatable bonds is 1. The fourth-order valence-electron chi connectivity index (χ4n) is 1.81. The fraction of sp³-hybridized carbons (Fsp3) is 0.889. The molecule has 4 nitrogen and oxygen atoms in total. The highest BCUT2D eigenvalue weighted by atomic mass is 127. The van der Waals surface area contributed by atoms with Crippen molar-refractivity contribution in [2.24, 2.45) is 5.92 Å². The van der Waals surface area contributed by atoms with Crippen LogP contribution >= 0.6 is 0 Å². The van der Waals surface area contributed by atoms with Gasteiger partial charge in [-0.2, -0.15) is 0 Å². The molecule has 84 valence electrons. The molecule has 0 saturated carbocycles. The van der Waals surface area contributed by atoms with Gasteiger partial charge in [-0.25, -0.2) is 0 Å². The molecule has 1 saturated heterocycles. The van der Waals surface area contributed by atoms with Gasteiger partial charge in [-0.15, -0.1) is 0 Å². The van der Waals surface area contributed by atoms with Gasteiger partial charge in [0, 0.05) is 6.42 Å². The lowest BCUT2D eigenvalue weighted by molar-refractivity contribution is -0.898. The van der Waals surface area contributed by atoms with E-state index in [9.17, 15) is 9.90 Å². The van der Waals surface area contributed by atoms with Gasteiger partial charge >= 0.3 is 5.97 Å². The number of esters is 1. The van der Waals surface area contributed by atoms with Crippen LogP contribution in [0.1, 0.15) is 6.42 Å². The Labute approximate surface area is 102 Å². The molecular formula is C9H18INO3. The van der Waals surface area contributed by atoms with Crippen LogP contribution in [0, 0.1) is 5.92 Å². The van der Waals surface area contributed by atoms with E-state index >= 15 is 0 Å². The van der Waals surface area contributed by atoms with Crippen molar-refractivity contribution < 1.29 is 43.1 Å². The molecule has 0 amide bonds. The summed E-state index contributed by atoms with van der Waals surface area (Å²) in [7, 11) is 5.48. The summed E-state index contributed by atoms with van der Waals surface area (Å²) in [6.07, 6.45) is 0.144. The summed E-state index contributed by atoms with van der Waals surface area (Å²) >= 11 is 0. The molecule has 5 heteroatoms. The molecule has 1 aliphatic rings. The molecular weight excluding hydrogens is 297 g/mol. The van der Waals surface area contributed by atoms with E-state index in [-0.39, 0.29) is 35.9 Å². The third kappa shape index (κ3) is 3.36. The molecule has 0 spiro atoms. The van der Waals surface area contributed by atoms with Gasteiger partial charge in [0.25, 0.3) is 0 Å². The second-order valence-electron chi connectivity index (χ2n) is 4.33. The third-order valence-corrected chi connectivity index (χ3v) is 2.69. The number of halogens is 1. The first-order valence-electron chi connectivity index (χ1n) is 4.54. The van der Waals surface area contributed by atoms with Crippen molar-refractivity contribution in [3.63, 3.8) is 0 Å². The molecule has 1 N–H and O–H groups in total. The van der Waals surface area contributed by atoms with E-state index in [0.717, 1.165) is 11.0 Å². The van der Waals surface area contributed by atoms with Gasteiger partial charge < -0.3 is 38.3 Å². The number of ether oxygens (including phenoxy) is 1. The smallest absolute Gasteiger partial charge is 0.317 e. The monoisotopic (exact) mass is 315 g/mol. The number of carbonyl (C=O) groups excluding carboxylic acids is 1. The molecule has 0 radical (unpaired) electrons. The molecule has 0 aromatic carbocycles. The quantitative estimate of drug-likeness (QED) is 0.312. The summed E-state index contributed by atoms with van der Waals surface area (Å²) in [5, 5.41) is 9.59. The van der Waals surface area contributed by atoms with Crippen LogP contribution in [-0.2, 0) is 9.53 Å². The number of aliphatic hydroxyl groups is 1. The van der Waals surface area contributed by atoms with Gasteiger partial charge in [-0.3, -0.25) is 4.79 Å². The average molecular weight is 315 g/mol. The average Bonchev–Trinajstić information content (AvgIpc) is 2.08. The van der Waals surface area contributed by atoms with Crippen molar-refractivity contribution in [3.05, 3.63) is 0 Å². The van der Waals surface area contributed by atoms with Crippen LogP contribution in [0.25, 0.3) is 0 Å². The minimum Gasteiger partial charge on any atom is -1.00 e. The van der Waals surface area contributed by atoms with E-state index in [2.05, 4.69) is 18.8 Å². The Hall–Kier alpha value is 0.120. The highest BCUT2D eigenvalue weighted by Gasteiger charge is 2.39. The van der Waals surface area contributed by atoms with Crippen molar-refractivity contribution in [1.29, 1.82) is 0 Å². The molecule has 0 aliphatic carbocycles. The standard InChI is InChI=1S/C9H18NO3.HI/c1-10(2)5-4-8(11)7(6-10)9(12)13-3;/h7-8,11H,4-6H2,1-3H3;1H/q+1;/p-1. The second-order valence-corrected chi connectivity index (χ2v) is 4.33. The van der Waals surface area contributed by atoms with Gasteiger partial charge in [-0.05, 0) is 0 Å². The van der Waals surface area contributed by atoms with Crippen LogP contribution in [0.15, 0.2) is 0 Å². The molecule has 0 aromatic heterocycles. The Morgan fingerprint density at radius 1 is 1.50 bits per heavy atom. The largest absolute Gasteiger partial charge is 1.00 e. The van der Waals surface area contributed by atoms with E-state index in [0.29, 0.717) is 13.0 Å². The lowest BCUT2D eigenvalue weighted by atomic mass is 9.94. The Morgan fingerprint density at radius 2 is 2.07 bits per heavy atom. The minimum absolute atomic E-state index is 0. The predicted octanol–water partition coefficient (Wildman–Crippen LogP) is -3.38. The zero-order chi connectivity index (χ0) is 10.1. The van der Waals surface area contributed by atoms with E-state index < -0.39 is 6.10 Å². The molecule has 14 heavy (non-hydrogen) atoms. The van der Waals surface area contributed by atoms with E-state index in [1.54, 1.807) is 0 Å². The Bertz CT molecular complexity index is 208. The van der Waals surface area contributed by atoms with Gasteiger partial charge in [0.1, 0.15) is 5.92 Å². The van der Waals surface area contributed by atoms with Gasteiger partial charge in [-0.1, -0.05) is 0 Å². The summed E-state index contributed by atoms with van der Waals surface area (Å²) in [4.78, 5) is 11.3. The van der Waals surface area contributed by atoms with Crippen molar-refractivity contribution in [2.45, 2.75) is 12.5 Å². The number of hydrogen-bond donors (Lipinski definition) is 1. The number of quaternary nitrogens is 1. The second kappa shape index (κ2) is 5.27. The Morgan fingerprint density at radius 3 is 2.57 bits per heavy atom. The fourth-order valence-corrected chi connectivity index (χ4v) is 1.81. The highest BCUT2D eigenvalue weighted by molar-refractivity contribution is 5.73. The van der Waals surface area contributed by atoms with Crippen LogP contribution < -0.4 is 24.0 Å². The van der Waals surface area contributed by atoms with Crippen LogP contribution in [0.2, 0.25) is 0 Å². The van der Waals surface area contributed by atoms with Crippen molar-refractivity contribution in [1.82, 2.24) is 0 Å². The summed E-state index contributed by atoms with van der Waals surface area (Å²) < 4.78 is 5.42. The maximum atomic E-state index is 11.3. The first kappa shape index (κ1) is 14.1. The first-order chi connectivity index (χ1) is 5.96. The molecule has 0 aromatic rings. The van der Waals surface area contributed by atoms with Crippen molar-refractivity contribution in [3.8, 4) is 0 Å². The summed E-state index contributed by atoms with van der Waals surface area (Å²) in [6, 6.07) is 0. The number of aliphatic hydroxyl groups excluding tert-OH is 1. The minimum atomic E-state index is -0.529. The number of carbonyl (C=O) groups is 1. The zero-order valence-corrected chi connectivity index (χ0v) is 11.0. The van der Waals surface area contributed by atoms with Gasteiger partial charge in [0.05, 0.1) is 40.4 Å². The van der Waals surface area contributed by atoms with Gasteiger partial charge in [0.2, 0.25) is 0 Å². The van der Waals surface area contributed by atoms with Crippen LogP contribution in [-0.4, -0.2) is 56.0 Å². The molecule has 2 atom stereocenters. The molecule has 1 aliphatic heterocycles. The number of piperidine rings is 1. The van der Waals surface area contributed by atoms with Crippen molar-refractivity contribution in [2.75, 3.05) is 34.3 Å². The number of methoxy groups -OCH3 is 1. The topological polar surface area (TPSA) is 46.5 Å². The summed E-state index contributed by atoms with van der Waals surface area (Å²) in [6.45, 7) is 1.57. The zero-order valence-electron chi connectivity index (χ0n) is 8.86. The normalized spacial score (nSPS) is 30.3. The molecule has 1 rings (SSSR count). The maximum absolute atomic E-state index is 11.3. The summed E-state index contributed by atoms with van der Waals surface area (Å²) in [5.74, 6) is -0.646. The third-order valence-electron chi connectivity index (χ3n) is 2.69. The SMILES string of the molecule is COC(=O)C1C[N+](C)(C)CCC1O.[I-]. The van der Waals surface area contributed by atoms with E-state index in [1.807, 2.05) is 0 Å². The lowest BCUT2D eigenvalue weighted by Gasteiger charge is -2.39. The van der Waals surface area contributed by atoms with Gasteiger partial charge in [0.15, 0.2) is 0 Å². The van der Waals surface area contributed by atoms with Crippen LogP contribution in [0.5, 0.6) is 0 Å². The number of likely N-dealkylation sites (tertiary alicyclic amines) is 1. The molecule has 1 fully saturated rings. The van der Waals surface area contributed by atoms with Crippen LogP contribution in [0.3, 0.4) is 0 Å². The molecule has 1 heterocycles. The van der Waals surface area contributed by atoms with E-state index in [4.69, 9.17) is 0 Å². The number of hydrogen-bond acceptors (Lipinski definition) is 3. The van der Waals surface area contributed by atoms with E-state index in [1.165, 1.54) is 7.11 Å². The predicted molar refractivity (Wildman–Crippen MR) is 48.0 cm³/mol. The Kier molecular flexibility index (Phi) is 5.32. The maximum Gasteiger partial charge on any atom is 0.317 e. The first-order valence-corrected chi connectivity index (χ1v) is 4.54. The summed E-state index contributed by atoms with van der Waals surface area (Å²) in [5.41, 5.74) is 0. The molecule has 0 bridgehead atoms. The van der Waals surface area contributed by atoms with Crippen LogP contribution in [0.4, 0.5) is 0 Å².